The van der Waals surface area contributed by atoms with Crippen molar-refractivity contribution in [3.05, 3.63) is 28.5 Å². The lowest BCUT2D eigenvalue weighted by atomic mass is 9.70. The van der Waals surface area contributed by atoms with Crippen molar-refractivity contribution in [3.63, 3.8) is 0 Å². The minimum absolute atomic E-state index is 0.334. The molecule has 0 atom stereocenters. The van der Waals surface area contributed by atoms with Crippen LogP contribution in [0.25, 0.3) is 0 Å². The van der Waals surface area contributed by atoms with Crippen molar-refractivity contribution < 1.29 is 0 Å². The summed E-state index contributed by atoms with van der Waals surface area (Å²) in [6, 6.07) is 2.17. The number of hydrogen-bond acceptors (Lipinski definition) is 2. The molecule has 0 saturated heterocycles. The number of rotatable bonds is 3. The predicted octanol–water partition coefficient (Wildman–Crippen LogP) is 3.30. The van der Waals surface area contributed by atoms with Crippen molar-refractivity contribution in [2.24, 2.45) is 11.1 Å². The molecule has 1 heterocycles. The summed E-state index contributed by atoms with van der Waals surface area (Å²) in [6.45, 7) is 0.805. The Kier molecular flexibility index (Phi) is 3.98. The first kappa shape index (κ1) is 12.1. The van der Waals surface area contributed by atoms with E-state index in [1.165, 1.54) is 37.7 Å². The molecule has 1 aliphatic rings. The molecule has 1 aromatic heterocycles. The van der Waals surface area contributed by atoms with E-state index in [2.05, 4.69) is 27.0 Å². The summed E-state index contributed by atoms with van der Waals surface area (Å²) >= 11 is 3.47. The zero-order valence-corrected chi connectivity index (χ0v) is 11.2. The molecule has 1 fully saturated rings. The Hall–Kier alpha value is -0.410. The zero-order chi connectivity index (χ0) is 11.4. The number of halogens is 1. The van der Waals surface area contributed by atoms with Gasteiger partial charge in [-0.05, 0) is 58.8 Å². The molecular weight excluding hydrogens is 264 g/mol. The summed E-state index contributed by atoms with van der Waals surface area (Å²) in [7, 11) is 0. The fourth-order valence-electron chi connectivity index (χ4n) is 2.74. The lowest BCUT2D eigenvalue weighted by molar-refractivity contribution is 0.197. The third kappa shape index (κ3) is 2.83. The monoisotopic (exact) mass is 282 g/mol. The molecule has 1 aromatic rings. The first-order chi connectivity index (χ1) is 7.74. The molecule has 0 unspecified atom stereocenters. The normalized spacial score (nSPS) is 19.6. The SMILES string of the molecule is NCC1(Cc2cncc(Br)c2)CCCCC1. The second-order valence-electron chi connectivity index (χ2n) is 4.95. The molecule has 0 spiro atoms. The third-order valence-corrected chi connectivity index (χ3v) is 4.12. The van der Waals surface area contributed by atoms with Crippen LogP contribution in [0, 0.1) is 5.41 Å². The van der Waals surface area contributed by atoms with Crippen molar-refractivity contribution in [2.45, 2.75) is 38.5 Å². The fourth-order valence-corrected chi connectivity index (χ4v) is 3.15. The van der Waals surface area contributed by atoms with Gasteiger partial charge in [0.1, 0.15) is 0 Å². The second kappa shape index (κ2) is 5.28. The number of hydrogen-bond donors (Lipinski definition) is 1. The molecule has 2 rings (SSSR count). The van der Waals surface area contributed by atoms with Crippen LogP contribution in [0.1, 0.15) is 37.7 Å². The van der Waals surface area contributed by atoms with Gasteiger partial charge in [0.15, 0.2) is 0 Å². The highest BCUT2D eigenvalue weighted by molar-refractivity contribution is 9.10. The van der Waals surface area contributed by atoms with E-state index < -0.39 is 0 Å². The van der Waals surface area contributed by atoms with Crippen molar-refractivity contribution in [3.8, 4) is 0 Å². The second-order valence-corrected chi connectivity index (χ2v) is 5.87. The van der Waals surface area contributed by atoms with Crippen LogP contribution in [-0.4, -0.2) is 11.5 Å². The van der Waals surface area contributed by atoms with E-state index in [0.29, 0.717) is 5.41 Å². The average Bonchev–Trinajstić information content (AvgIpc) is 2.30. The van der Waals surface area contributed by atoms with Gasteiger partial charge in [-0.1, -0.05) is 19.3 Å². The van der Waals surface area contributed by atoms with Gasteiger partial charge < -0.3 is 5.73 Å². The molecule has 0 bridgehead atoms. The smallest absolute Gasteiger partial charge is 0.0410 e. The lowest BCUT2D eigenvalue weighted by Crippen LogP contribution is -2.34. The molecule has 3 heteroatoms. The average molecular weight is 283 g/mol. The van der Waals surface area contributed by atoms with Crippen molar-refractivity contribution in [1.29, 1.82) is 0 Å². The molecule has 0 aromatic carbocycles. The maximum atomic E-state index is 5.99. The van der Waals surface area contributed by atoms with Gasteiger partial charge in [-0.25, -0.2) is 0 Å². The van der Waals surface area contributed by atoms with Crippen LogP contribution in [0.4, 0.5) is 0 Å². The summed E-state index contributed by atoms with van der Waals surface area (Å²) in [5.74, 6) is 0. The highest BCUT2D eigenvalue weighted by Crippen LogP contribution is 2.38. The van der Waals surface area contributed by atoms with Gasteiger partial charge in [-0.15, -0.1) is 0 Å². The summed E-state index contributed by atoms with van der Waals surface area (Å²) in [5, 5.41) is 0. The van der Waals surface area contributed by atoms with Crippen LogP contribution in [0.3, 0.4) is 0 Å². The van der Waals surface area contributed by atoms with Crippen LogP contribution < -0.4 is 5.73 Å². The van der Waals surface area contributed by atoms with Crippen LogP contribution >= 0.6 is 15.9 Å². The Labute approximate surface area is 106 Å². The number of nitrogens with two attached hydrogens (primary N) is 1. The topological polar surface area (TPSA) is 38.9 Å². The molecule has 0 radical (unpaired) electrons. The van der Waals surface area contributed by atoms with E-state index >= 15 is 0 Å². The zero-order valence-electron chi connectivity index (χ0n) is 9.58. The van der Waals surface area contributed by atoms with Gasteiger partial charge >= 0.3 is 0 Å². The summed E-state index contributed by atoms with van der Waals surface area (Å²) in [6.07, 6.45) is 11.5. The Bertz CT molecular complexity index is 346. The van der Waals surface area contributed by atoms with Gasteiger partial charge in [0.05, 0.1) is 0 Å². The molecule has 2 N–H and O–H groups in total. The van der Waals surface area contributed by atoms with Crippen LogP contribution in [0.15, 0.2) is 22.9 Å². The number of pyridine rings is 1. The molecule has 0 amide bonds. The molecular formula is C13H19BrN2. The highest BCUT2D eigenvalue weighted by atomic mass is 79.9. The summed E-state index contributed by atoms with van der Waals surface area (Å²) in [4.78, 5) is 4.23. The highest BCUT2D eigenvalue weighted by Gasteiger charge is 2.30. The van der Waals surface area contributed by atoms with Gasteiger partial charge in [0.2, 0.25) is 0 Å². The first-order valence-corrected chi connectivity index (χ1v) is 6.83. The molecule has 88 valence electrons. The third-order valence-electron chi connectivity index (χ3n) is 3.69. The van der Waals surface area contributed by atoms with E-state index in [-0.39, 0.29) is 0 Å². The van der Waals surface area contributed by atoms with Gasteiger partial charge in [0.25, 0.3) is 0 Å². The Balaban J connectivity index is 2.11. The maximum absolute atomic E-state index is 5.99. The van der Waals surface area contributed by atoms with Crippen molar-refractivity contribution in [1.82, 2.24) is 4.98 Å². The number of aromatic nitrogens is 1. The lowest BCUT2D eigenvalue weighted by Gasteiger charge is -2.36. The summed E-state index contributed by atoms with van der Waals surface area (Å²) in [5.41, 5.74) is 7.63. The van der Waals surface area contributed by atoms with E-state index in [1.807, 2.05) is 12.4 Å². The maximum Gasteiger partial charge on any atom is 0.0410 e. The van der Waals surface area contributed by atoms with E-state index in [0.717, 1.165) is 17.4 Å². The Morgan fingerprint density at radius 2 is 2.00 bits per heavy atom. The fraction of sp³-hybridized carbons (Fsp3) is 0.615. The van der Waals surface area contributed by atoms with Crippen LogP contribution in [0.5, 0.6) is 0 Å². The van der Waals surface area contributed by atoms with Crippen LogP contribution in [0.2, 0.25) is 0 Å². The number of nitrogens with zero attached hydrogens (tertiary/aromatic N) is 1. The van der Waals surface area contributed by atoms with E-state index in [4.69, 9.17) is 5.73 Å². The molecule has 16 heavy (non-hydrogen) atoms. The minimum Gasteiger partial charge on any atom is -0.330 e. The summed E-state index contributed by atoms with van der Waals surface area (Å²) < 4.78 is 1.06. The Morgan fingerprint density at radius 3 is 2.62 bits per heavy atom. The first-order valence-electron chi connectivity index (χ1n) is 6.04. The molecule has 2 nitrogen and oxygen atoms in total. The quantitative estimate of drug-likeness (QED) is 0.924. The molecule has 1 saturated carbocycles. The van der Waals surface area contributed by atoms with Gasteiger partial charge in [-0.2, -0.15) is 0 Å². The van der Waals surface area contributed by atoms with Gasteiger partial charge in [0, 0.05) is 16.9 Å². The predicted molar refractivity (Wildman–Crippen MR) is 70.2 cm³/mol. The van der Waals surface area contributed by atoms with E-state index in [1.54, 1.807) is 0 Å². The van der Waals surface area contributed by atoms with Gasteiger partial charge in [-0.3, -0.25) is 4.98 Å². The van der Waals surface area contributed by atoms with Crippen molar-refractivity contribution >= 4 is 15.9 Å². The van der Waals surface area contributed by atoms with Crippen LogP contribution in [-0.2, 0) is 6.42 Å². The molecule has 0 aliphatic heterocycles. The molecule has 1 aliphatic carbocycles. The largest absolute Gasteiger partial charge is 0.330 e. The standard InChI is InChI=1S/C13H19BrN2/c14-12-6-11(8-16-9-12)7-13(10-15)4-2-1-3-5-13/h6,8-9H,1-5,7,10,15H2. The van der Waals surface area contributed by atoms with Crippen molar-refractivity contribution in [2.75, 3.05) is 6.54 Å². The van der Waals surface area contributed by atoms with E-state index in [9.17, 15) is 0 Å². The minimum atomic E-state index is 0.334. The Morgan fingerprint density at radius 1 is 1.25 bits per heavy atom.